The molecule has 3 rings (SSSR count). The Morgan fingerprint density at radius 3 is 2.41 bits per heavy atom. The van der Waals surface area contributed by atoms with E-state index in [0.29, 0.717) is 12.3 Å². The van der Waals surface area contributed by atoms with E-state index in [0.717, 1.165) is 27.0 Å². The van der Waals surface area contributed by atoms with Gasteiger partial charge in [0.05, 0.1) is 0 Å². The van der Waals surface area contributed by atoms with Gasteiger partial charge in [0.2, 0.25) is 0 Å². The largest absolute Gasteiger partial charge is 0.484 e. The maximum atomic E-state index is 12.0. The highest BCUT2D eigenvalue weighted by molar-refractivity contribution is 9.10. The fourth-order valence-electron chi connectivity index (χ4n) is 2.50. The topological polar surface area (TPSA) is 50.4 Å². The van der Waals surface area contributed by atoms with Crippen molar-refractivity contribution in [1.82, 2.24) is 0 Å². The summed E-state index contributed by atoms with van der Waals surface area (Å²) in [5, 5.41) is 6.19. The highest BCUT2D eigenvalue weighted by atomic mass is 79.9. The van der Waals surface area contributed by atoms with Crippen molar-refractivity contribution in [1.29, 1.82) is 0 Å². The van der Waals surface area contributed by atoms with Gasteiger partial charge in [-0.25, -0.2) is 0 Å². The average Bonchev–Trinajstić information content (AvgIpc) is 2.68. The molecular formula is C22H21BrN2O2. The minimum absolute atomic E-state index is 0.0303. The van der Waals surface area contributed by atoms with Crippen LogP contribution in [0.15, 0.2) is 77.3 Å². The van der Waals surface area contributed by atoms with Gasteiger partial charge in [-0.05, 0) is 61.0 Å². The van der Waals surface area contributed by atoms with Crippen molar-refractivity contribution in [3.63, 3.8) is 0 Å². The van der Waals surface area contributed by atoms with Gasteiger partial charge in [-0.1, -0.05) is 45.8 Å². The number of nitrogens with one attached hydrogen (secondary N) is 2. The molecule has 3 aromatic rings. The van der Waals surface area contributed by atoms with E-state index in [2.05, 4.69) is 26.6 Å². The van der Waals surface area contributed by atoms with E-state index in [9.17, 15) is 4.79 Å². The standard InChI is InChI=1S/C22H21BrN2O2/c1-16-5-9-20(10-6-16)25-22(26)15-27-21-4-2-3-17(13-21)14-24-19-11-7-18(23)8-12-19/h2-13,24H,14-15H2,1H3,(H,25,26). The first-order chi connectivity index (χ1) is 13.1. The van der Waals surface area contributed by atoms with Gasteiger partial charge >= 0.3 is 0 Å². The summed E-state index contributed by atoms with van der Waals surface area (Å²) in [6, 6.07) is 23.4. The number of hydrogen-bond donors (Lipinski definition) is 2. The van der Waals surface area contributed by atoms with Crippen molar-refractivity contribution in [3.05, 3.63) is 88.4 Å². The second kappa shape index (κ2) is 9.24. The molecule has 138 valence electrons. The molecule has 27 heavy (non-hydrogen) atoms. The lowest BCUT2D eigenvalue weighted by atomic mass is 10.2. The van der Waals surface area contributed by atoms with E-state index in [-0.39, 0.29) is 12.5 Å². The summed E-state index contributed by atoms with van der Waals surface area (Å²) in [4.78, 5) is 12.0. The number of carbonyl (C=O) groups is 1. The molecule has 0 aliphatic carbocycles. The van der Waals surface area contributed by atoms with Gasteiger partial charge in [0.1, 0.15) is 5.75 Å². The van der Waals surface area contributed by atoms with Gasteiger partial charge in [0.25, 0.3) is 5.91 Å². The van der Waals surface area contributed by atoms with Crippen molar-refractivity contribution in [2.75, 3.05) is 17.2 Å². The van der Waals surface area contributed by atoms with Crippen LogP contribution in [0.2, 0.25) is 0 Å². The van der Waals surface area contributed by atoms with Gasteiger partial charge in [0, 0.05) is 22.4 Å². The van der Waals surface area contributed by atoms with E-state index in [1.54, 1.807) is 0 Å². The first-order valence-corrected chi connectivity index (χ1v) is 9.45. The molecular weight excluding hydrogens is 404 g/mol. The summed E-state index contributed by atoms with van der Waals surface area (Å²) in [5.41, 5.74) is 4.04. The summed E-state index contributed by atoms with van der Waals surface area (Å²) in [6.45, 7) is 2.65. The van der Waals surface area contributed by atoms with Crippen LogP contribution in [0.5, 0.6) is 5.75 Å². The number of amides is 1. The van der Waals surface area contributed by atoms with Gasteiger partial charge in [0.15, 0.2) is 6.61 Å². The van der Waals surface area contributed by atoms with Crippen molar-refractivity contribution in [2.45, 2.75) is 13.5 Å². The SMILES string of the molecule is Cc1ccc(NC(=O)COc2cccc(CNc3ccc(Br)cc3)c2)cc1. The molecule has 0 aliphatic heterocycles. The molecule has 0 saturated carbocycles. The van der Waals surface area contributed by atoms with Gasteiger partial charge < -0.3 is 15.4 Å². The summed E-state index contributed by atoms with van der Waals surface area (Å²) >= 11 is 3.43. The maximum Gasteiger partial charge on any atom is 0.262 e. The van der Waals surface area contributed by atoms with Gasteiger partial charge in [-0.2, -0.15) is 0 Å². The van der Waals surface area contributed by atoms with Crippen molar-refractivity contribution >= 4 is 33.2 Å². The van der Waals surface area contributed by atoms with Crippen LogP contribution in [-0.2, 0) is 11.3 Å². The monoisotopic (exact) mass is 424 g/mol. The number of rotatable bonds is 7. The zero-order chi connectivity index (χ0) is 19.1. The third kappa shape index (κ3) is 6.15. The van der Waals surface area contributed by atoms with E-state index in [1.165, 1.54) is 0 Å². The highest BCUT2D eigenvalue weighted by Crippen LogP contribution is 2.17. The van der Waals surface area contributed by atoms with Crippen LogP contribution >= 0.6 is 15.9 Å². The van der Waals surface area contributed by atoms with E-state index in [1.807, 2.05) is 79.7 Å². The number of halogens is 1. The first kappa shape index (κ1) is 19.0. The van der Waals surface area contributed by atoms with Crippen LogP contribution in [0.3, 0.4) is 0 Å². The molecule has 0 bridgehead atoms. The Balaban J connectivity index is 1.50. The molecule has 2 N–H and O–H groups in total. The highest BCUT2D eigenvalue weighted by Gasteiger charge is 2.04. The molecule has 0 aromatic heterocycles. The molecule has 1 amide bonds. The lowest BCUT2D eigenvalue weighted by Gasteiger charge is -2.10. The maximum absolute atomic E-state index is 12.0. The Hall–Kier alpha value is -2.79. The van der Waals surface area contributed by atoms with Crippen LogP contribution in [-0.4, -0.2) is 12.5 Å². The predicted molar refractivity (Wildman–Crippen MR) is 113 cm³/mol. The number of hydrogen-bond acceptors (Lipinski definition) is 3. The molecule has 3 aromatic carbocycles. The minimum atomic E-state index is -0.183. The third-order valence-corrected chi connectivity index (χ3v) is 4.47. The molecule has 4 nitrogen and oxygen atoms in total. The fourth-order valence-corrected chi connectivity index (χ4v) is 2.76. The van der Waals surface area contributed by atoms with E-state index in [4.69, 9.17) is 4.74 Å². The molecule has 0 unspecified atom stereocenters. The molecule has 0 spiro atoms. The van der Waals surface area contributed by atoms with Crippen LogP contribution in [0.1, 0.15) is 11.1 Å². The fraction of sp³-hybridized carbons (Fsp3) is 0.136. The number of aryl methyl sites for hydroxylation is 1. The Bertz CT molecular complexity index is 893. The summed E-state index contributed by atoms with van der Waals surface area (Å²) < 4.78 is 6.67. The molecule has 0 atom stereocenters. The first-order valence-electron chi connectivity index (χ1n) is 8.66. The zero-order valence-corrected chi connectivity index (χ0v) is 16.6. The van der Waals surface area contributed by atoms with Crippen molar-refractivity contribution in [3.8, 4) is 5.75 Å². The van der Waals surface area contributed by atoms with Gasteiger partial charge in [-0.3, -0.25) is 4.79 Å². The quantitative estimate of drug-likeness (QED) is 0.534. The van der Waals surface area contributed by atoms with E-state index < -0.39 is 0 Å². The van der Waals surface area contributed by atoms with E-state index >= 15 is 0 Å². The summed E-state index contributed by atoms with van der Waals surface area (Å²) in [5.74, 6) is 0.487. The number of carbonyl (C=O) groups excluding carboxylic acids is 1. The molecule has 0 radical (unpaired) electrons. The Morgan fingerprint density at radius 1 is 0.963 bits per heavy atom. The Labute approximate surface area is 167 Å². The number of ether oxygens (including phenoxy) is 1. The van der Waals surface area contributed by atoms with Crippen LogP contribution in [0.25, 0.3) is 0 Å². The van der Waals surface area contributed by atoms with Crippen LogP contribution in [0.4, 0.5) is 11.4 Å². The third-order valence-electron chi connectivity index (χ3n) is 3.94. The molecule has 0 heterocycles. The summed E-state index contributed by atoms with van der Waals surface area (Å²) in [6.07, 6.45) is 0. The predicted octanol–water partition coefficient (Wildman–Crippen LogP) is 5.39. The number of anilines is 2. The van der Waals surface area contributed by atoms with Crippen molar-refractivity contribution in [2.24, 2.45) is 0 Å². The van der Waals surface area contributed by atoms with Crippen LogP contribution in [0, 0.1) is 6.92 Å². The minimum Gasteiger partial charge on any atom is -0.484 e. The lowest BCUT2D eigenvalue weighted by molar-refractivity contribution is -0.118. The molecule has 0 saturated heterocycles. The molecule has 0 fully saturated rings. The van der Waals surface area contributed by atoms with Crippen LogP contribution < -0.4 is 15.4 Å². The Kier molecular flexibility index (Phi) is 6.49. The molecule has 0 aliphatic rings. The molecule has 5 heteroatoms. The normalized spacial score (nSPS) is 10.3. The number of benzene rings is 3. The lowest BCUT2D eigenvalue weighted by Crippen LogP contribution is -2.20. The average molecular weight is 425 g/mol. The Morgan fingerprint density at radius 2 is 1.67 bits per heavy atom. The summed E-state index contributed by atoms with van der Waals surface area (Å²) in [7, 11) is 0. The second-order valence-corrected chi connectivity index (χ2v) is 7.13. The smallest absolute Gasteiger partial charge is 0.262 e. The van der Waals surface area contributed by atoms with Crippen molar-refractivity contribution < 1.29 is 9.53 Å². The van der Waals surface area contributed by atoms with Gasteiger partial charge in [-0.15, -0.1) is 0 Å². The zero-order valence-electron chi connectivity index (χ0n) is 15.0. The second-order valence-electron chi connectivity index (χ2n) is 6.21.